The predicted molar refractivity (Wildman–Crippen MR) is 60.1 cm³/mol. The number of rotatable bonds is 2. The van der Waals surface area contributed by atoms with Gasteiger partial charge in [-0.2, -0.15) is 0 Å². The van der Waals surface area contributed by atoms with Crippen molar-refractivity contribution in [1.82, 2.24) is 0 Å². The second-order valence-electron chi connectivity index (χ2n) is 3.05. The van der Waals surface area contributed by atoms with Gasteiger partial charge in [-0.05, 0) is 17.7 Å². The maximum Gasteiger partial charge on any atom is 0.184 e. The molecule has 2 aliphatic rings. The maximum absolute atomic E-state index is 11.5. The van der Waals surface area contributed by atoms with E-state index in [1.807, 2.05) is 6.08 Å². The zero-order valence-corrected chi connectivity index (χ0v) is 9.68. The van der Waals surface area contributed by atoms with Gasteiger partial charge in [0.25, 0.3) is 0 Å². The molecule has 1 heterocycles. The van der Waals surface area contributed by atoms with E-state index < -0.39 is 9.84 Å². The van der Waals surface area contributed by atoms with E-state index in [1.165, 1.54) is 0 Å². The van der Waals surface area contributed by atoms with Gasteiger partial charge in [-0.3, -0.25) is 4.99 Å². The largest absolute Gasteiger partial charge is 0.260 e. The summed E-state index contributed by atoms with van der Waals surface area (Å²) in [5.41, 5.74) is 1.85. The Bertz CT molecular complexity index is 483. The molecule has 1 aliphatic carbocycles. The first-order valence-corrected chi connectivity index (χ1v) is 6.84. The predicted octanol–water partition coefficient (Wildman–Crippen LogP) is 1.94. The summed E-state index contributed by atoms with van der Waals surface area (Å²) in [4.78, 5) is 4.53. The molecule has 3 nitrogen and oxygen atoms in total. The topological polar surface area (TPSA) is 46.5 Å². The van der Waals surface area contributed by atoms with E-state index in [0.29, 0.717) is 11.3 Å². The highest BCUT2D eigenvalue weighted by atomic mass is 79.9. The average molecular weight is 274 g/mol. The van der Waals surface area contributed by atoms with Crippen LogP contribution in [0.25, 0.3) is 0 Å². The van der Waals surface area contributed by atoms with E-state index in [-0.39, 0.29) is 4.66 Å². The van der Waals surface area contributed by atoms with Crippen LogP contribution in [0.15, 0.2) is 39.9 Å². The number of alkyl halides is 1. The molecule has 0 bridgehead atoms. The molecule has 14 heavy (non-hydrogen) atoms. The summed E-state index contributed by atoms with van der Waals surface area (Å²) >= 11 is 2.97. The standard InChI is InChI=1S/C9H8BrNO2S/c10-6-14(12,13)8-2-1-7-3-4-11-9(7)5-8/h1-4H,5-6H2. The lowest BCUT2D eigenvalue weighted by atomic mass is 10.0. The van der Waals surface area contributed by atoms with Crippen molar-refractivity contribution in [3.05, 3.63) is 34.9 Å². The molecular weight excluding hydrogens is 266 g/mol. The molecule has 0 aromatic carbocycles. The Labute approximate surface area is 91.0 Å². The Hall–Kier alpha value is -0.680. The molecule has 0 unspecified atom stereocenters. The summed E-state index contributed by atoms with van der Waals surface area (Å²) in [5, 5.41) is 0. The van der Waals surface area contributed by atoms with Gasteiger partial charge in [-0.15, -0.1) is 0 Å². The van der Waals surface area contributed by atoms with Crippen molar-refractivity contribution in [2.45, 2.75) is 6.42 Å². The summed E-state index contributed by atoms with van der Waals surface area (Å²) in [6.07, 6.45) is 7.43. The van der Waals surface area contributed by atoms with Gasteiger partial charge in [0.05, 0.1) is 10.6 Å². The first-order chi connectivity index (χ1) is 6.63. The molecule has 0 aromatic rings. The SMILES string of the molecule is O=S(=O)(CBr)C1=CC=C2C=CN=C2C1. The molecule has 0 atom stereocenters. The lowest BCUT2D eigenvalue weighted by molar-refractivity contribution is 0.606. The minimum atomic E-state index is -3.14. The molecule has 0 radical (unpaired) electrons. The van der Waals surface area contributed by atoms with Gasteiger partial charge in [-0.25, -0.2) is 8.42 Å². The Kier molecular flexibility index (Phi) is 2.45. The first-order valence-electron chi connectivity index (χ1n) is 4.06. The smallest absolute Gasteiger partial charge is 0.184 e. The number of halogens is 1. The fourth-order valence-electron chi connectivity index (χ4n) is 1.37. The summed E-state index contributed by atoms with van der Waals surface area (Å²) in [5.74, 6) is 0. The minimum Gasteiger partial charge on any atom is -0.260 e. The number of aliphatic imine (C=N–C) groups is 1. The van der Waals surface area contributed by atoms with Crippen LogP contribution in [0.4, 0.5) is 0 Å². The van der Waals surface area contributed by atoms with Gasteiger partial charge in [0, 0.05) is 12.6 Å². The number of fused-ring (bicyclic) bond motifs is 1. The highest BCUT2D eigenvalue weighted by Gasteiger charge is 2.22. The van der Waals surface area contributed by atoms with Crippen molar-refractivity contribution in [2.75, 3.05) is 4.66 Å². The van der Waals surface area contributed by atoms with Crippen molar-refractivity contribution in [2.24, 2.45) is 4.99 Å². The molecular formula is C9H8BrNO2S. The zero-order chi connectivity index (χ0) is 10.2. The maximum atomic E-state index is 11.5. The molecule has 0 N–H and O–H groups in total. The molecule has 1 aliphatic heterocycles. The Morgan fingerprint density at radius 1 is 1.43 bits per heavy atom. The number of sulfone groups is 1. The van der Waals surface area contributed by atoms with Crippen molar-refractivity contribution < 1.29 is 8.42 Å². The van der Waals surface area contributed by atoms with Crippen LogP contribution in [0.5, 0.6) is 0 Å². The van der Waals surface area contributed by atoms with E-state index >= 15 is 0 Å². The normalized spacial score (nSPS) is 19.9. The van der Waals surface area contributed by atoms with Gasteiger partial charge in [-0.1, -0.05) is 22.0 Å². The second-order valence-corrected chi connectivity index (χ2v) is 6.39. The summed E-state index contributed by atoms with van der Waals surface area (Å²) < 4.78 is 23.0. The van der Waals surface area contributed by atoms with Crippen LogP contribution in [0, 0.1) is 0 Å². The van der Waals surface area contributed by atoms with E-state index in [1.54, 1.807) is 18.4 Å². The summed E-state index contributed by atoms with van der Waals surface area (Å²) in [6.45, 7) is 0. The van der Waals surface area contributed by atoms with Gasteiger partial charge in [0.1, 0.15) is 4.66 Å². The van der Waals surface area contributed by atoms with Crippen molar-refractivity contribution in [3.8, 4) is 0 Å². The second kappa shape index (κ2) is 3.47. The molecule has 2 rings (SSSR count). The summed E-state index contributed by atoms with van der Waals surface area (Å²) in [6, 6.07) is 0. The van der Waals surface area contributed by atoms with Crippen molar-refractivity contribution >= 4 is 31.5 Å². The van der Waals surface area contributed by atoms with Gasteiger partial charge < -0.3 is 0 Å². The molecule has 74 valence electrons. The van der Waals surface area contributed by atoms with Crippen LogP contribution in [0.2, 0.25) is 0 Å². The van der Waals surface area contributed by atoms with E-state index in [9.17, 15) is 8.42 Å². The Morgan fingerprint density at radius 3 is 2.93 bits per heavy atom. The fraction of sp³-hybridized carbons (Fsp3) is 0.222. The van der Waals surface area contributed by atoms with Crippen molar-refractivity contribution in [3.63, 3.8) is 0 Å². The van der Waals surface area contributed by atoms with E-state index in [2.05, 4.69) is 20.9 Å². The lowest BCUT2D eigenvalue weighted by Gasteiger charge is -2.11. The molecule has 0 amide bonds. The molecule has 0 spiro atoms. The molecule has 0 saturated carbocycles. The zero-order valence-electron chi connectivity index (χ0n) is 7.27. The monoisotopic (exact) mass is 273 g/mol. The number of nitrogens with zero attached hydrogens (tertiary/aromatic N) is 1. The number of hydrogen-bond donors (Lipinski definition) is 0. The van der Waals surface area contributed by atoms with Crippen LogP contribution >= 0.6 is 15.9 Å². The third-order valence-electron chi connectivity index (χ3n) is 2.15. The molecule has 5 heteroatoms. The van der Waals surface area contributed by atoms with Crippen LogP contribution in [0.3, 0.4) is 0 Å². The highest BCUT2D eigenvalue weighted by molar-refractivity contribution is 9.10. The van der Waals surface area contributed by atoms with Gasteiger partial charge >= 0.3 is 0 Å². The van der Waals surface area contributed by atoms with Crippen LogP contribution in [-0.2, 0) is 9.84 Å². The van der Waals surface area contributed by atoms with Gasteiger partial charge in [0.15, 0.2) is 9.84 Å². The Balaban J connectivity index is 2.37. The molecule has 0 fully saturated rings. The molecule has 0 aromatic heterocycles. The van der Waals surface area contributed by atoms with Crippen LogP contribution in [-0.4, -0.2) is 18.8 Å². The highest BCUT2D eigenvalue weighted by Crippen LogP contribution is 2.25. The summed E-state index contributed by atoms with van der Waals surface area (Å²) in [7, 11) is -3.14. The van der Waals surface area contributed by atoms with E-state index in [0.717, 1.165) is 11.3 Å². The van der Waals surface area contributed by atoms with Gasteiger partial charge in [0.2, 0.25) is 0 Å². The quantitative estimate of drug-likeness (QED) is 0.722. The third kappa shape index (κ3) is 1.62. The fourth-order valence-corrected chi connectivity index (χ4v) is 3.02. The number of hydrogen-bond acceptors (Lipinski definition) is 3. The first kappa shape index (κ1) is 9.86. The van der Waals surface area contributed by atoms with Crippen LogP contribution in [0.1, 0.15) is 6.42 Å². The lowest BCUT2D eigenvalue weighted by Crippen LogP contribution is -2.12. The Morgan fingerprint density at radius 2 is 2.21 bits per heavy atom. The third-order valence-corrected chi connectivity index (χ3v) is 5.33. The van der Waals surface area contributed by atoms with Crippen LogP contribution < -0.4 is 0 Å². The molecule has 0 saturated heterocycles. The minimum absolute atomic E-state index is 0.0320. The van der Waals surface area contributed by atoms with E-state index in [4.69, 9.17) is 0 Å². The van der Waals surface area contributed by atoms with Crippen molar-refractivity contribution in [1.29, 1.82) is 0 Å². The number of allylic oxidation sites excluding steroid dienone is 5. The average Bonchev–Trinajstić information content (AvgIpc) is 2.64.